The van der Waals surface area contributed by atoms with Gasteiger partial charge < -0.3 is 0 Å². The van der Waals surface area contributed by atoms with Crippen LogP contribution in [0.15, 0.2) is 47.9 Å². The van der Waals surface area contributed by atoms with E-state index in [1.165, 1.54) is 18.2 Å². The third-order valence-corrected chi connectivity index (χ3v) is 4.17. The van der Waals surface area contributed by atoms with Crippen molar-refractivity contribution in [3.63, 3.8) is 0 Å². The first kappa shape index (κ1) is 14.6. The molecule has 0 spiro atoms. The Morgan fingerprint density at radius 3 is 2.77 bits per heavy atom. The van der Waals surface area contributed by atoms with Crippen LogP contribution in [0, 0.1) is 5.82 Å². The molecular weight excluding hydrogens is 321 g/mol. The minimum atomic E-state index is -0.314. The SMILES string of the molecule is O=C(/C=C/c1cccs1)Nc1nc(-c2ccc(F)cc2)ns1. The van der Waals surface area contributed by atoms with E-state index in [9.17, 15) is 9.18 Å². The normalized spacial score (nSPS) is 11.0. The summed E-state index contributed by atoms with van der Waals surface area (Å²) in [6, 6.07) is 9.73. The van der Waals surface area contributed by atoms with Crippen molar-refractivity contribution in [1.29, 1.82) is 0 Å². The lowest BCUT2D eigenvalue weighted by Gasteiger charge is -1.95. The first-order valence-electron chi connectivity index (χ1n) is 6.33. The topological polar surface area (TPSA) is 54.9 Å². The van der Waals surface area contributed by atoms with Gasteiger partial charge in [-0.25, -0.2) is 4.39 Å². The quantitative estimate of drug-likeness (QED) is 0.734. The van der Waals surface area contributed by atoms with Gasteiger partial charge >= 0.3 is 0 Å². The van der Waals surface area contributed by atoms with E-state index >= 15 is 0 Å². The van der Waals surface area contributed by atoms with Crippen molar-refractivity contribution >= 4 is 40.0 Å². The number of amides is 1. The number of aromatic nitrogens is 2. The van der Waals surface area contributed by atoms with Gasteiger partial charge in [-0.3, -0.25) is 10.1 Å². The summed E-state index contributed by atoms with van der Waals surface area (Å²) in [4.78, 5) is 17.0. The molecule has 1 amide bonds. The number of rotatable bonds is 4. The van der Waals surface area contributed by atoms with Gasteiger partial charge in [-0.15, -0.1) is 11.3 Å². The van der Waals surface area contributed by atoms with Crippen LogP contribution in [0.2, 0.25) is 0 Å². The van der Waals surface area contributed by atoms with Crippen LogP contribution in [0.25, 0.3) is 17.5 Å². The van der Waals surface area contributed by atoms with Gasteiger partial charge in [0.15, 0.2) is 5.82 Å². The fourth-order valence-electron chi connectivity index (χ4n) is 1.68. The van der Waals surface area contributed by atoms with Crippen LogP contribution in [-0.2, 0) is 4.79 Å². The van der Waals surface area contributed by atoms with Crippen molar-refractivity contribution in [1.82, 2.24) is 9.36 Å². The lowest BCUT2D eigenvalue weighted by Crippen LogP contribution is -2.07. The fourth-order valence-corrected chi connectivity index (χ4v) is 2.89. The van der Waals surface area contributed by atoms with Crippen LogP contribution in [0.3, 0.4) is 0 Å². The minimum Gasteiger partial charge on any atom is -0.297 e. The molecule has 0 bridgehead atoms. The number of hydrogen-bond acceptors (Lipinski definition) is 5. The van der Waals surface area contributed by atoms with Gasteiger partial charge in [0.05, 0.1) is 0 Å². The molecule has 0 unspecified atom stereocenters. The standard InChI is InChI=1S/C15H10FN3OS2/c16-11-5-3-10(4-6-11)14-18-15(22-19-14)17-13(20)8-7-12-2-1-9-21-12/h1-9H,(H,17,18,19,20)/b8-7+. The van der Waals surface area contributed by atoms with Gasteiger partial charge in [0.25, 0.3) is 0 Å². The Morgan fingerprint density at radius 1 is 1.23 bits per heavy atom. The summed E-state index contributed by atoms with van der Waals surface area (Å²) < 4.78 is 17.0. The maximum Gasteiger partial charge on any atom is 0.250 e. The lowest BCUT2D eigenvalue weighted by atomic mass is 10.2. The molecule has 0 atom stereocenters. The molecule has 3 rings (SSSR count). The Bertz CT molecular complexity index is 795. The maximum atomic E-state index is 12.9. The zero-order chi connectivity index (χ0) is 15.4. The Labute approximate surface area is 134 Å². The molecule has 22 heavy (non-hydrogen) atoms. The molecule has 7 heteroatoms. The molecule has 2 aromatic heterocycles. The first-order valence-corrected chi connectivity index (χ1v) is 7.98. The molecule has 0 saturated carbocycles. The van der Waals surface area contributed by atoms with E-state index in [1.54, 1.807) is 29.5 Å². The van der Waals surface area contributed by atoms with Crippen LogP contribution >= 0.6 is 22.9 Å². The summed E-state index contributed by atoms with van der Waals surface area (Å²) >= 11 is 2.63. The largest absolute Gasteiger partial charge is 0.297 e. The summed E-state index contributed by atoms with van der Waals surface area (Å²) in [6.07, 6.45) is 3.19. The number of anilines is 1. The van der Waals surface area contributed by atoms with Crippen molar-refractivity contribution < 1.29 is 9.18 Å². The molecule has 3 aromatic rings. The average molecular weight is 331 g/mol. The molecule has 1 aromatic carbocycles. The van der Waals surface area contributed by atoms with Gasteiger partial charge in [0, 0.05) is 28.0 Å². The van der Waals surface area contributed by atoms with Crippen LogP contribution in [0.1, 0.15) is 4.88 Å². The van der Waals surface area contributed by atoms with E-state index in [0.717, 1.165) is 16.4 Å². The second kappa shape index (κ2) is 6.59. The van der Waals surface area contributed by atoms with E-state index in [1.807, 2.05) is 17.5 Å². The van der Waals surface area contributed by atoms with E-state index < -0.39 is 0 Å². The summed E-state index contributed by atoms with van der Waals surface area (Å²) in [5.74, 6) is -0.121. The number of carbonyl (C=O) groups is 1. The van der Waals surface area contributed by atoms with Gasteiger partial charge in [-0.05, 0) is 41.8 Å². The highest BCUT2D eigenvalue weighted by atomic mass is 32.1. The van der Waals surface area contributed by atoms with Crippen molar-refractivity contribution in [3.05, 3.63) is 58.5 Å². The maximum absolute atomic E-state index is 12.9. The molecule has 0 fully saturated rings. The number of nitrogens with one attached hydrogen (secondary N) is 1. The number of carbonyl (C=O) groups excluding carboxylic acids is 1. The van der Waals surface area contributed by atoms with E-state index in [0.29, 0.717) is 16.5 Å². The van der Waals surface area contributed by atoms with Crippen molar-refractivity contribution in [3.8, 4) is 11.4 Å². The fraction of sp³-hybridized carbons (Fsp3) is 0. The van der Waals surface area contributed by atoms with Crippen molar-refractivity contribution in [2.75, 3.05) is 5.32 Å². The average Bonchev–Trinajstić information content (AvgIpc) is 3.17. The molecule has 0 aliphatic carbocycles. The molecule has 0 aliphatic heterocycles. The second-order valence-corrected chi connectivity index (χ2v) is 6.00. The molecule has 1 N–H and O–H groups in total. The highest BCUT2D eigenvalue weighted by molar-refractivity contribution is 7.11. The molecule has 110 valence electrons. The van der Waals surface area contributed by atoms with Gasteiger partial charge in [0.2, 0.25) is 11.0 Å². The Morgan fingerprint density at radius 2 is 2.05 bits per heavy atom. The summed E-state index contributed by atoms with van der Waals surface area (Å²) in [7, 11) is 0. The number of halogens is 1. The second-order valence-electron chi connectivity index (χ2n) is 4.27. The monoisotopic (exact) mass is 331 g/mol. The van der Waals surface area contributed by atoms with Crippen LogP contribution in [0.4, 0.5) is 9.52 Å². The Balaban J connectivity index is 1.66. The van der Waals surface area contributed by atoms with Crippen molar-refractivity contribution in [2.24, 2.45) is 0 Å². The molecule has 2 heterocycles. The Hall–Kier alpha value is -2.38. The predicted octanol–water partition coefficient (Wildman–Crippen LogP) is 4.06. The molecule has 0 aliphatic rings. The molecule has 0 saturated heterocycles. The number of hydrogen-bond donors (Lipinski definition) is 1. The van der Waals surface area contributed by atoms with Gasteiger partial charge in [-0.1, -0.05) is 6.07 Å². The zero-order valence-electron chi connectivity index (χ0n) is 11.2. The highest BCUT2D eigenvalue weighted by Crippen LogP contribution is 2.21. The van der Waals surface area contributed by atoms with Crippen molar-refractivity contribution in [2.45, 2.75) is 0 Å². The van der Waals surface area contributed by atoms with Crippen LogP contribution < -0.4 is 5.32 Å². The summed E-state index contributed by atoms with van der Waals surface area (Å²) in [6.45, 7) is 0. The van der Waals surface area contributed by atoms with Crippen LogP contribution in [0.5, 0.6) is 0 Å². The highest BCUT2D eigenvalue weighted by Gasteiger charge is 2.08. The van der Waals surface area contributed by atoms with Crippen LogP contribution in [-0.4, -0.2) is 15.3 Å². The number of thiophene rings is 1. The third kappa shape index (κ3) is 3.63. The van der Waals surface area contributed by atoms with Gasteiger partial charge in [0.1, 0.15) is 5.82 Å². The number of nitrogens with zero attached hydrogens (tertiary/aromatic N) is 2. The third-order valence-electron chi connectivity index (χ3n) is 2.70. The van der Waals surface area contributed by atoms with E-state index in [4.69, 9.17) is 0 Å². The molecular formula is C15H10FN3OS2. The van der Waals surface area contributed by atoms with Gasteiger partial charge in [-0.2, -0.15) is 9.36 Å². The number of benzene rings is 1. The lowest BCUT2D eigenvalue weighted by molar-refractivity contribution is -0.111. The smallest absolute Gasteiger partial charge is 0.250 e. The Kier molecular flexibility index (Phi) is 4.36. The van der Waals surface area contributed by atoms with E-state index in [2.05, 4.69) is 14.7 Å². The first-order chi connectivity index (χ1) is 10.7. The zero-order valence-corrected chi connectivity index (χ0v) is 12.8. The molecule has 0 radical (unpaired) electrons. The van der Waals surface area contributed by atoms with E-state index in [-0.39, 0.29) is 11.7 Å². The minimum absolute atomic E-state index is 0.268. The summed E-state index contributed by atoms with van der Waals surface area (Å²) in [5, 5.41) is 5.00. The summed E-state index contributed by atoms with van der Waals surface area (Å²) in [5.41, 5.74) is 0.701. The molecule has 4 nitrogen and oxygen atoms in total. The predicted molar refractivity (Wildman–Crippen MR) is 87.3 cm³/mol.